The molecule has 8 heteroatoms. The zero-order valence-electron chi connectivity index (χ0n) is 15.9. The minimum Gasteiger partial charge on any atom is -0.347 e. The van der Waals surface area contributed by atoms with Gasteiger partial charge in [0.15, 0.2) is 0 Å². The molecule has 1 fully saturated rings. The van der Waals surface area contributed by atoms with Crippen LogP contribution in [0.3, 0.4) is 0 Å². The Morgan fingerprint density at radius 1 is 0.862 bits per heavy atom. The molecule has 2 N–H and O–H groups in total. The van der Waals surface area contributed by atoms with Gasteiger partial charge in [0.25, 0.3) is 5.91 Å². The van der Waals surface area contributed by atoms with E-state index in [0.717, 1.165) is 0 Å². The molecular formula is C21H23FN4O3. The SMILES string of the molecule is O=C(NCCN1CCN(C(=O)c2ccccc2)CC1)C(=O)Nc1ccc(F)cc1. The monoisotopic (exact) mass is 398 g/mol. The lowest BCUT2D eigenvalue weighted by Gasteiger charge is -2.34. The largest absolute Gasteiger partial charge is 0.347 e. The first-order valence-corrected chi connectivity index (χ1v) is 9.44. The smallest absolute Gasteiger partial charge is 0.313 e. The highest BCUT2D eigenvalue weighted by atomic mass is 19.1. The molecular weight excluding hydrogens is 375 g/mol. The van der Waals surface area contributed by atoms with Gasteiger partial charge in [-0.3, -0.25) is 19.3 Å². The molecule has 0 unspecified atom stereocenters. The van der Waals surface area contributed by atoms with E-state index in [0.29, 0.717) is 50.5 Å². The van der Waals surface area contributed by atoms with Crippen LogP contribution < -0.4 is 10.6 Å². The molecule has 1 aliphatic rings. The third-order valence-corrected chi connectivity index (χ3v) is 4.70. The lowest BCUT2D eigenvalue weighted by Crippen LogP contribution is -2.50. The Hall–Kier alpha value is -3.26. The fourth-order valence-electron chi connectivity index (χ4n) is 3.07. The van der Waals surface area contributed by atoms with Gasteiger partial charge in [-0.05, 0) is 36.4 Å². The number of anilines is 1. The molecule has 1 saturated heterocycles. The number of carbonyl (C=O) groups excluding carboxylic acids is 3. The highest BCUT2D eigenvalue weighted by Gasteiger charge is 2.22. The van der Waals surface area contributed by atoms with Crippen LogP contribution in [0.15, 0.2) is 54.6 Å². The number of piperazine rings is 1. The third-order valence-electron chi connectivity index (χ3n) is 4.70. The Morgan fingerprint density at radius 3 is 2.17 bits per heavy atom. The maximum Gasteiger partial charge on any atom is 0.313 e. The van der Waals surface area contributed by atoms with Crippen molar-refractivity contribution >= 4 is 23.4 Å². The summed E-state index contributed by atoms with van der Waals surface area (Å²) in [6, 6.07) is 14.4. The predicted molar refractivity (Wildman–Crippen MR) is 107 cm³/mol. The van der Waals surface area contributed by atoms with Gasteiger partial charge in [0.1, 0.15) is 5.82 Å². The van der Waals surface area contributed by atoms with E-state index in [4.69, 9.17) is 0 Å². The first kappa shape index (κ1) is 20.5. The van der Waals surface area contributed by atoms with Gasteiger partial charge in [-0.15, -0.1) is 0 Å². The van der Waals surface area contributed by atoms with Gasteiger partial charge in [0, 0.05) is 50.5 Å². The van der Waals surface area contributed by atoms with E-state index >= 15 is 0 Å². The summed E-state index contributed by atoms with van der Waals surface area (Å²) >= 11 is 0. The Morgan fingerprint density at radius 2 is 1.52 bits per heavy atom. The van der Waals surface area contributed by atoms with Crippen molar-refractivity contribution in [2.45, 2.75) is 0 Å². The summed E-state index contributed by atoms with van der Waals surface area (Å²) in [4.78, 5) is 40.1. The molecule has 2 aromatic carbocycles. The van der Waals surface area contributed by atoms with E-state index in [2.05, 4.69) is 15.5 Å². The number of halogens is 1. The van der Waals surface area contributed by atoms with Gasteiger partial charge in [-0.1, -0.05) is 18.2 Å². The average molecular weight is 398 g/mol. The van der Waals surface area contributed by atoms with Crippen molar-refractivity contribution in [2.75, 3.05) is 44.6 Å². The maximum atomic E-state index is 12.9. The zero-order chi connectivity index (χ0) is 20.6. The molecule has 2 aromatic rings. The van der Waals surface area contributed by atoms with Crippen LogP contribution in [0.4, 0.5) is 10.1 Å². The Balaban J connectivity index is 1.36. The van der Waals surface area contributed by atoms with Crippen LogP contribution in [-0.2, 0) is 9.59 Å². The first-order chi connectivity index (χ1) is 14.0. The van der Waals surface area contributed by atoms with Crippen molar-refractivity contribution in [3.8, 4) is 0 Å². The first-order valence-electron chi connectivity index (χ1n) is 9.44. The number of nitrogens with zero attached hydrogens (tertiary/aromatic N) is 2. The van der Waals surface area contributed by atoms with Crippen molar-refractivity contribution in [3.05, 3.63) is 66.0 Å². The predicted octanol–water partition coefficient (Wildman–Crippen LogP) is 1.34. The van der Waals surface area contributed by atoms with Gasteiger partial charge < -0.3 is 15.5 Å². The van der Waals surface area contributed by atoms with E-state index in [1.165, 1.54) is 24.3 Å². The molecule has 0 aliphatic carbocycles. The minimum atomic E-state index is -0.796. The Bertz CT molecular complexity index is 850. The van der Waals surface area contributed by atoms with E-state index in [1.807, 2.05) is 23.1 Å². The topological polar surface area (TPSA) is 81.8 Å². The molecule has 152 valence electrons. The molecule has 1 heterocycles. The molecule has 0 bridgehead atoms. The van der Waals surface area contributed by atoms with E-state index in [-0.39, 0.29) is 5.91 Å². The fraction of sp³-hybridized carbons (Fsp3) is 0.286. The molecule has 0 spiro atoms. The second-order valence-corrected chi connectivity index (χ2v) is 6.72. The molecule has 0 atom stereocenters. The van der Waals surface area contributed by atoms with Crippen LogP contribution in [0, 0.1) is 5.82 Å². The molecule has 3 amide bonds. The van der Waals surface area contributed by atoms with Gasteiger partial charge in [0.05, 0.1) is 0 Å². The maximum absolute atomic E-state index is 12.9. The number of hydrogen-bond acceptors (Lipinski definition) is 4. The highest BCUT2D eigenvalue weighted by Crippen LogP contribution is 2.09. The summed E-state index contributed by atoms with van der Waals surface area (Å²) in [6.45, 7) is 3.55. The molecule has 0 radical (unpaired) electrons. The normalized spacial score (nSPS) is 14.3. The average Bonchev–Trinajstić information content (AvgIpc) is 2.76. The molecule has 3 rings (SSSR count). The number of nitrogens with one attached hydrogen (secondary N) is 2. The van der Waals surface area contributed by atoms with Crippen LogP contribution in [0.25, 0.3) is 0 Å². The summed E-state index contributed by atoms with van der Waals surface area (Å²) in [5, 5.41) is 4.99. The van der Waals surface area contributed by atoms with Crippen molar-refractivity contribution in [2.24, 2.45) is 0 Å². The van der Waals surface area contributed by atoms with E-state index in [9.17, 15) is 18.8 Å². The summed E-state index contributed by atoms with van der Waals surface area (Å²) in [6.07, 6.45) is 0. The fourth-order valence-corrected chi connectivity index (χ4v) is 3.07. The number of amides is 3. The third kappa shape index (κ3) is 5.86. The van der Waals surface area contributed by atoms with Crippen LogP contribution >= 0.6 is 0 Å². The highest BCUT2D eigenvalue weighted by molar-refractivity contribution is 6.39. The lowest BCUT2D eigenvalue weighted by molar-refractivity contribution is -0.136. The van der Waals surface area contributed by atoms with Crippen molar-refractivity contribution < 1.29 is 18.8 Å². The van der Waals surface area contributed by atoms with Crippen LogP contribution in [0.5, 0.6) is 0 Å². The standard InChI is InChI=1S/C21H23FN4O3/c22-17-6-8-18(9-7-17)24-20(28)19(27)23-10-11-25-12-14-26(15-13-25)21(29)16-4-2-1-3-5-16/h1-9H,10-15H2,(H,23,27)(H,24,28). The van der Waals surface area contributed by atoms with Gasteiger partial charge in [0.2, 0.25) is 0 Å². The van der Waals surface area contributed by atoms with Gasteiger partial charge in [-0.2, -0.15) is 0 Å². The Labute approximate surface area is 168 Å². The molecule has 0 saturated carbocycles. The molecule has 0 aromatic heterocycles. The number of benzene rings is 2. The van der Waals surface area contributed by atoms with Crippen LogP contribution in [0.2, 0.25) is 0 Å². The second kappa shape index (κ2) is 9.79. The molecule has 1 aliphatic heterocycles. The van der Waals surface area contributed by atoms with Gasteiger partial charge >= 0.3 is 11.8 Å². The summed E-state index contributed by atoms with van der Waals surface area (Å²) in [5.41, 5.74) is 1.03. The van der Waals surface area contributed by atoms with Crippen LogP contribution in [-0.4, -0.2) is 66.8 Å². The van der Waals surface area contributed by atoms with Crippen molar-refractivity contribution in [3.63, 3.8) is 0 Å². The van der Waals surface area contributed by atoms with E-state index < -0.39 is 17.6 Å². The van der Waals surface area contributed by atoms with E-state index in [1.54, 1.807) is 12.1 Å². The summed E-state index contributed by atoms with van der Waals surface area (Å²) in [5.74, 6) is -1.93. The van der Waals surface area contributed by atoms with Gasteiger partial charge in [-0.25, -0.2) is 4.39 Å². The van der Waals surface area contributed by atoms with Crippen LogP contribution in [0.1, 0.15) is 10.4 Å². The van der Waals surface area contributed by atoms with Crippen molar-refractivity contribution in [1.82, 2.24) is 15.1 Å². The number of carbonyl (C=O) groups is 3. The zero-order valence-corrected chi connectivity index (χ0v) is 15.9. The number of rotatable bonds is 5. The Kier molecular flexibility index (Phi) is 6.91. The second-order valence-electron chi connectivity index (χ2n) is 6.72. The molecule has 29 heavy (non-hydrogen) atoms. The summed E-state index contributed by atoms with van der Waals surface area (Å²) in [7, 11) is 0. The number of hydrogen-bond donors (Lipinski definition) is 2. The minimum absolute atomic E-state index is 0.0241. The quantitative estimate of drug-likeness (QED) is 0.745. The summed E-state index contributed by atoms with van der Waals surface area (Å²) < 4.78 is 12.9. The lowest BCUT2D eigenvalue weighted by atomic mass is 10.2. The van der Waals surface area contributed by atoms with Crippen molar-refractivity contribution in [1.29, 1.82) is 0 Å². The molecule has 7 nitrogen and oxygen atoms in total.